The van der Waals surface area contributed by atoms with Gasteiger partial charge in [0.15, 0.2) is 11.5 Å². The number of thiophene rings is 1. The zero-order chi connectivity index (χ0) is 19.1. The number of anilines is 1. The molecule has 0 aromatic carbocycles. The summed E-state index contributed by atoms with van der Waals surface area (Å²) in [7, 11) is 5.44. The summed E-state index contributed by atoms with van der Waals surface area (Å²) in [4.78, 5) is 15.8. The number of aromatic nitrogens is 2. The van der Waals surface area contributed by atoms with Gasteiger partial charge in [-0.05, 0) is 17.8 Å². The standard InChI is InChI=1S/C13H8BF2N3OS.2C2H6.H2/c1-6-4-19-5-7(2-9(16)12(19)17-6)18-13(20)11-8(15)3-10(14)21-11;2*1-2;/h2-5H,1H3,(H,18,20);2*1-2H3;1H. The van der Waals surface area contributed by atoms with Gasteiger partial charge in [-0.2, -0.15) is 0 Å². The van der Waals surface area contributed by atoms with E-state index in [2.05, 4.69) is 10.3 Å². The van der Waals surface area contributed by atoms with Gasteiger partial charge in [-0.15, -0.1) is 11.3 Å². The van der Waals surface area contributed by atoms with E-state index in [9.17, 15) is 13.6 Å². The molecule has 0 fully saturated rings. The fraction of sp³-hybridized carbons (Fsp3) is 0.294. The Labute approximate surface area is 152 Å². The van der Waals surface area contributed by atoms with E-state index in [0.29, 0.717) is 5.69 Å². The van der Waals surface area contributed by atoms with E-state index in [1.54, 1.807) is 13.1 Å². The largest absolute Gasteiger partial charge is 0.320 e. The van der Waals surface area contributed by atoms with Gasteiger partial charge in [0.2, 0.25) is 0 Å². The molecule has 25 heavy (non-hydrogen) atoms. The van der Waals surface area contributed by atoms with Crippen LogP contribution in [0.5, 0.6) is 0 Å². The van der Waals surface area contributed by atoms with E-state index < -0.39 is 17.5 Å². The minimum atomic E-state index is -0.699. The fourth-order valence-corrected chi connectivity index (χ4v) is 2.68. The molecule has 2 radical (unpaired) electrons. The van der Waals surface area contributed by atoms with Crippen LogP contribution in [0.25, 0.3) is 5.65 Å². The Bertz CT molecular complexity index is 867. The third-order valence-electron chi connectivity index (χ3n) is 2.80. The van der Waals surface area contributed by atoms with Crippen LogP contribution in [0, 0.1) is 18.6 Å². The lowest BCUT2D eigenvalue weighted by Crippen LogP contribution is -2.12. The van der Waals surface area contributed by atoms with Crippen LogP contribution >= 0.6 is 11.3 Å². The maximum Gasteiger partial charge on any atom is 0.268 e. The quantitative estimate of drug-likeness (QED) is 0.688. The van der Waals surface area contributed by atoms with E-state index in [1.165, 1.54) is 10.6 Å². The lowest BCUT2D eigenvalue weighted by atomic mass is 10.1. The van der Waals surface area contributed by atoms with Gasteiger partial charge >= 0.3 is 0 Å². The highest BCUT2D eigenvalue weighted by Gasteiger charge is 2.16. The van der Waals surface area contributed by atoms with Gasteiger partial charge in [-0.25, -0.2) is 13.8 Å². The summed E-state index contributed by atoms with van der Waals surface area (Å²) in [6.07, 6.45) is 3.13. The van der Waals surface area contributed by atoms with Crippen LogP contribution in [0.15, 0.2) is 24.5 Å². The normalized spacial score (nSPS) is 9.72. The molecule has 0 saturated carbocycles. The maximum atomic E-state index is 13.9. The Morgan fingerprint density at radius 2 is 1.84 bits per heavy atom. The van der Waals surface area contributed by atoms with Gasteiger partial charge in [-0.1, -0.05) is 27.7 Å². The highest BCUT2D eigenvalue weighted by molar-refractivity contribution is 7.21. The number of imidazole rings is 1. The first-order chi connectivity index (χ1) is 11.9. The topological polar surface area (TPSA) is 46.4 Å². The molecule has 8 heteroatoms. The van der Waals surface area contributed by atoms with E-state index in [-0.39, 0.29) is 22.4 Å². The van der Waals surface area contributed by atoms with Crippen molar-refractivity contribution in [1.29, 1.82) is 0 Å². The summed E-state index contributed by atoms with van der Waals surface area (Å²) in [5.41, 5.74) is 1.01. The maximum absolute atomic E-state index is 13.9. The molecular formula is C17H22BF2N3OS. The monoisotopic (exact) mass is 365 g/mol. The highest BCUT2D eigenvalue weighted by Crippen LogP contribution is 2.19. The summed E-state index contributed by atoms with van der Waals surface area (Å²) in [6.45, 7) is 9.73. The Kier molecular flexibility index (Phi) is 7.76. The SMILES string of the molecule is CC.CC.[B]c1cc(F)c(C(=O)Nc2cc(F)c3nc(C)cn3c2)s1.[HH]. The Balaban J connectivity index is 0.00000117. The molecule has 0 saturated heterocycles. The Morgan fingerprint density at radius 1 is 1.20 bits per heavy atom. The van der Waals surface area contributed by atoms with Crippen molar-refractivity contribution in [2.75, 3.05) is 5.32 Å². The molecule has 134 valence electrons. The second kappa shape index (κ2) is 9.32. The number of fused-ring (bicyclic) bond motifs is 1. The molecule has 0 aliphatic carbocycles. The van der Waals surface area contributed by atoms with Crippen molar-refractivity contribution in [3.05, 3.63) is 46.7 Å². The zero-order valence-electron chi connectivity index (χ0n) is 14.9. The number of rotatable bonds is 2. The molecule has 0 aliphatic heterocycles. The first-order valence-electron chi connectivity index (χ1n) is 7.95. The molecule has 0 aliphatic rings. The van der Waals surface area contributed by atoms with Crippen LogP contribution in [0.3, 0.4) is 0 Å². The molecule has 4 nitrogen and oxygen atoms in total. The number of aryl methyl sites for hydroxylation is 1. The number of pyridine rings is 1. The van der Waals surface area contributed by atoms with Crippen LogP contribution in [-0.2, 0) is 0 Å². The molecule has 0 spiro atoms. The van der Waals surface area contributed by atoms with Crippen molar-refractivity contribution in [1.82, 2.24) is 9.38 Å². The lowest BCUT2D eigenvalue weighted by Gasteiger charge is -2.05. The lowest BCUT2D eigenvalue weighted by molar-refractivity contribution is 0.102. The third-order valence-corrected chi connectivity index (χ3v) is 3.73. The van der Waals surface area contributed by atoms with Gasteiger partial charge in [0.05, 0.1) is 11.4 Å². The smallest absolute Gasteiger partial charge is 0.268 e. The number of hydrogen-bond acceptors (Lipinski definition) is 3. The number of nitrogens with one attached hydrogen (secondary N) is 1. The number of hydrogen-bond donors (Lipinski definition) is 1. The van der Waals surface area contributed by atoms with Crippen molar-refractivity contribution in [2.24, 2.45) is 0 Å². The predicted octanol–water partition coefficient (Wildman–Crippen LogP) is 4.33. The van der Waals surface area contributed by atoms with Gasteiger partial charge in [-0.3, -0.25) is 4.79 Å². The Morgan fingerprint density at radius 3 is 2.40 bits per heavy atom. The molecule has 3 rings (SSSR count). The van der Waals surface area contributed by atoms with Crippen LogP contribution < -0.4 is 10.1 Å². The number of nitrogens with zero attached hydrogens (tertiary/aromatic N) is 2. The second-order valence-corrected chi connectivity index (χ2v) is 5.55. The second-order valence-electron chi connectivity index (χ2n) is 4.47. The zero-order valence-corrected chi connectivity index (χ0v) is 15.7. The summed E-state index contributed by atoms with van der Waals surface area (Å²) in [6, 6.07) is 2.21. The molecule has 0 bridgehead atoms. The number of amides is 1. The molecule has 0 unspecified atom stereocenters. The summed E-state index contributed by atoms with van der Waals surface area (Å²) >= 11 is 0.831. The molecule has 1 amide bonds. The minimum Gasteiger partial charge on any atom is -0.320 e. The van der Waals surface area contributed by atoms with Gasteiger partial charge < -0.3 is 9.72 Å². The summed E-state index contributed by atoms with van der Waals surface area (Å²) < 4.78 is 29.0. The number of carbonyl (C=O) groups excluding carboxylic acids is 1. The number of carbonyl (C=O) groups is 1. The molecule has 3 heterocycles. The molecule has 1 N–H and O–H groups in total. The van der Waals surface area contributed by atoms with Crippen LogP contribution in [0.2, 0.25) is 0 Å². The molecule has 3 aromatic rings. The van der Waals surface area contributed by atoms with E-state index in [0.717, 1.165) is 23.5 Å². The number of halogens is 2. The highest BCUT2D eigenvalue weighted by atomic mass is 32.1. The Hall–Kier alpha value is -2.22. The minimum absolute atomic E-state index is 0. The molecular weight excluding hydrogens is 343 g/mol. The van der Waals surface area contributed by atoms with Crippen LogP contribution in [0.1, 0.15) is 44.5 Å². The first kappa shape index (κ1) is 20.8. The molecule has 3 aromatic heterocycles. The van der Waals surface area contributed by atoms with Crippen molar-refractivity contribution in [3.63, 3.8) is 0 Å². The van der Waals surface area contributed by atoms with Crippen LogP contribution in [0.4, 0.5) is 14.5 Å². The van der Waals surface area contributed by atoms with Gasteiger partial charge in [0.25, 0.3) is 5.91 Å². The van der Waals surface area contributed by atoms with Crippen molar-refractivity contribution in [2.45, 2.75) is 34.6 Å². The van der Waals surface area contributed by atoms with Gasteiger partial charge in [0, 0.05) is 19.9 Å². The molecule has 0 atom stereocenters. The average molecular weight is 365 g/mol. The average Bonchev–Trinajstić information content (AvgIpc) is 3.13. The van der Waals surface area contributed by atoms with E-state index in [4.69, 9.17) is 7.85 Å². The third kappa shape index (κ3) is 4.88. The summed E-state index contributed by atoms with van der Waals surface area (Å²) in [5, 5.41) is 2.44. The fourth-order valence-electron chi connectivity index (χ4n) is 1.98. The van der Waals surface area contributed by atoms with E-state index >= 15 is 0 Å². The van der Waals surface area contributed by atoms with Crippen molar-refractivity contribution < 1.29 is 15.0 Å². The van der Waals surface area contributed by atoms with Crippen molar-refractivity contribution in [3.8, 4) is 0 Å². The van der Waals surface area contributed by atoms with Crippen molar-refractivity contribution >= 4 is 41.2 Å². The first-order valence-corrected chi connectivity index (χ1v) is 8.76. The van der Waals surface area contributed by atoms with Crippen LogP contribution in [-0.4, -0.2) is 23.1 Å². The summed E-state index contributed by atoms with van der Waals surface area (Å²) in [5.74, 6) is -1.95. The van der Waals surface area contributed by atoms with E-state index in [1.807, 2.05) is 27.7 Å². The predicted molar refractivity (Wildman–Crippen MR) is 102 cm³/mol. The van der Waals surface area contributed by atoms with Gasteiger partial charge in [0.1, 0.15) is 18.5 Å².